The van der Waals surface area contributed by atoms with E-state index in [-0.39, 0.29) is 16.8 Å². The highest BCUT2D eigenvalue weighted by Crippen LogP contribution is 2.23. The lowest BCUT2D eigenvalue weighted by atomic mass is 10.1. The number of aryl methyl sites for hydroxylation is 1. The Bertz CT molecular complexity index is 1310. The Labute approximate surface area is 171 Å². The monoisotopic (exact) mass is 403 g/mol. The van der Waals surface area contributed by atoms with E-state index in [9.17, 15) is 14.0 Å². The van der Waals surface area contributed by atoms with Gasteiger partial charge in [-0.1, -0.05) is 0 Å². The Morgan fingerprint density at radius 1 is 1.13 bits per heavy atom. The first-order valence-corrected chi connectivity index (χ1v) is 9.22. The molecule has 0 bridgehead atoms. The number of nitrogens with zero attached hydrogens (tertiary/aromatic N) is 2. The smallest absolute Gasteiger partial charge is 0.254 e. The van der Waals surface area contributed by atoms with Gasteiger partial charge in [0.15, 0.2) is 0 Å². The highest BCUT2D eigenvalue weighted by atomic mass is 19.1. The summed E-state index contributed by atoms with van der Waals surface area (Å²) in [6, 6.07) is 14.5. The minimum absolute atomic E-state index is 0.159. The van der Waals surface area contributed by atoms with E-state index >= 15 is 0 Å². The van der Waals surface area contributed by atoms with Crippen LogP contribution in [0.4, 0.5) is 4.39 Å². The molecule has 0 saturated heterocycles. The molecule has 0 radical (unpaired) electrons. The van der Waals surface area contributed by atoms with E-state index in [0.29, 0.717) is 23.6 Å². The lowest BCUT2D eigenvalue weighted by Gasteiger charge is -2.14. The first-order valence-electron chi connectivity index (χ1n) is 9.22. The highest BCUT2D eigenvalue weighted by molar-refractivity contribution is 5.96. The first-order chi connectivity index (χ1) is 14.4. The maximum Gasteiger partial charge on any atom is 0.254 e. The minimum atomic E-state index is -0.837. The molecule has 4 aromatic rings. The van der Waals surface area contributed by atoms with Crippen LogP contribution in [0.2, 0.25) is 0 Å². The number of nitrogens with two attached hydrogens (primary N) is 1. The zero-order valence-electron chi connectivity index (χ0n) is 16.1. The second-order valence-electron chi connectivity index (χ2n) is 6.86. The largest absolute Gasteiger partial charge is 0.489 e. The van der Waals surface area contributed by atoms with Crippen LogP contribution in [0.5, 0.6) is 5.75 Å². The van der Waals surface area contributed by atoms with Crippen molar-refractivity contribution in [3.05, 3.63) is 99.9 Å². The number of primary amides is 1. The number of ether oxygens (including phenoxy) is 1. The molecule has 0 fully saturated rings. The maximum atomic E-state index is 13.3. The standard InChI is InChI=1S/C23H18FN3O3/c1-14-10-15(8-9-26-14)13-30-18-6-7-21-19(11-18)22(28)20(23(25)29)12-27(21)17-4-2-16(24)3-5-17/h2-12H,13H2,1H3,(H2,25,29). The second-order valence-corrected chi connectivity index (χ2v) is 6.86. The Morgan fingerprint density at radius 3 is 2.60 bits per heavy atom. The van der Waals surface area contributed by atoms with Gasteiger partial charge in [0.25, 0.3) is 5.91 Å². The van der Waals surface area contributed by atoms with Gasteiger partial charge in [0, 0.05) is 23.8 Å². The van der Waals surface area contributed by atoms with Gasteiger partial charge in [-0.15, -0.1) is 0 Å². The number of carbonyl (C=O) groups excluding carboxylic acids is 1. The third-order valence-corrected chi connectivity index (χ3v) is 4.71. The second kappa shape index (κ2) is 7.79. The number of hydrogen-bond acceptors (Lipinski definition) is 4. The molecule has 0 aliphatic heterocycles. The molecule has 0 spiro atoms. The van der Waals surface area contributed by atoms with Crippen LogP contribution in [0.3, 0.4) is 0 Å². The predicted octanol–water partition coefficient (Wildman–Crippen LogP) is 3.51. The van der Waals surface area contributed by atoms with Gasteiger partial charge in [0.1, 0.15) is 23.7 Å². The Morgan fingerprint density at radius 2 is 1.90 bits per heavy atom. The van der Waals surface area contributed by atoms with Crippen molar-refractivity contribution in [3.63, 3.8) is 0 Å². The third kappa shape index (κ3) is 3.77. The summed E-state index contributed by atoms with van der Waals surface area (Å²) in [6.07, 6.45) is 3.08. The van der Waals surface area contributed by atoms with Crippen molar-refractivity contribution in [1.29, 1.82) is 0 Å². The number of pyridine rings is 2. The fourth-order valence-corrected chi connectivity index (χ4v) is 3.25. The van der Waals surface area contributed by atoms with Crippen LogP contribution in [0.15, 0.2) is 71.8 Å². The molecule has 0 aliphatic carbocycles. The van der Waals surface area contributed by atoms with E-state index in [0.717, 1.165) is 11.3 Å². The van der Waals surface area contributed by atoms with Gasteiger partial charge in [-0.05, 0) is 67.1 Å². The number of fused-ring (bicyclic) bond motifs is 1. The van der Waals surface area contributed by atoms with E-state index in [1.54, 1.807) is 41.1 Å². The molecule has 6 nitrogen and oxygen atoms in total. The molecule has 7 heteroatoms. The van der Waals surface area contributed by atoms with Crippen LogP contribution in [0.25, 0.3) is 16.6 Å². The van der Waals surface area contributed by atoms with Gasteiger partial charge >= 0.3 is 0 Å². The molecule has 0 aliphatic rings. The molecule has 4 rings (SSSR count). The normalized spacial score (nSPS) is 10.9. The van der Waals surface area contributed by atoms with Crippen LogP contribution in [-0.2, 0) is 6.61 Å². The summed E-state index contributed by atoms with van der Waals surface area (Å²) in [5.41, 5.74) is 7.72. The van der Waals surface area contributed by atoms with E-state index in [1.807, 2.05) is 19.1 Å². The van der Waals surface area contributed by atoms with Crippen molar-refractivity contribution in [2.75, 3.05) is 0 Å². The van der Waals surface area contributed by atoms with Gasteiger partial charge in [-0.2, -0.15) is 0 Å². The van der Waals surface area contributed by atoms with E-state index in [2.05, 4.69) is 4.98 Å². The average molecular weight is 403 g/mol. The van der Waals surface area contributed by atoms with Gasteiger partial charge in [0.2, 0.25) is 5.43 Å². The van der Waals surface area contributed by atoms with Crippen molar-refractivity contribution in [2.24, 2.45) is 5.73 Å². The van der Waals surface area contributed by atoms with Crippen LogP contribution in [0, 0.1) is 12.7 Å². The third-order valence-electron chi connectivity index (χ3n) is 4.71. The first kappa shape index (κ1) is 19.3. The van der Waals surface area contributed by atoms with Gasteiger partial charge < -0.3 is 15.0 Å². The summed E-state index contributed by atoms with van der Waals surface area (Å²) < 4.78 is 20.8. The molecule has 0 atom stereocenters. The summed E-state index contributed by atoms with van der Waals surface area (Å²) in [7, 11) is 0. The quantitative estimate of drug-likeness (QED) is 0.552. The van der Waals surface area contributed by atoms with E-state index in [4.69, 9.17) is 10.5 Å². The molecule has 2 N–H and O–H groups in total. The molecule has 150 valence electrons. The maximum absolute atomic E-state index is 13.3. The van der Waals surface area contributed by atoms with Crippen molar-refractivity contribution in [2.45, 2.75) is 13.5 Å². The lowest BCUT2D eigenvalue weighted by Crippen LogP contribution is -2.23. The molecule has 1 amide bonds. The lowest BCUT2D eigenvalue weighted by molar-refractivity contribution is 0.0999. The molecule has 0 unspecified atom stereocenters. The van der Waals surface area contributed by atoms with Gasteiger partial charge in [0.05, 0.1) is 10.9 Å². The number of benzene rings is 2. The van der Waals surface area contributed by atoms with Gasteiger partial charge in [-0.3, -0.25) is 14.6 Å². The molecule has 2 aromatic heterocycles. The number of amides is 1. The summed E-state index contributed by atoms with van der Waals surface area (Å²) in [5.74, 6) is -0.751. The Hall–Kier alpha value is -4.00. The molecule has 2 heterocycles. The fourth-order valence-electron chi connectivity index (χ4n) is 3.25. The number of rotatable bonds is 5. The summed E-state index contributed by atoms with van der Waals surface area (Å²) in [5, 5.41) is 0.277. The molecular weight excluding hydrogens is 385 g/mol. The molecule has 2 aromatic carbocycles. The van der Waals surface area contributed by atoms with E-state index < -0.39 is 11.3 Å². The summed E-state index contributed by atoms with van der Waals surface area (Å²) >= 11 is 0. The average Bonchev–Trinajstić information content (AvgIpc) is 2.73. The topological polar surface area (TPSA) is 87.2 Å². The van der Waals surface area contributed by atoms with Crippen molar-refractivity contribution < 1.29 is 13.9 Å². The number of carbonyl (C=O) groups is 1. The molecule has 30 heavy (non-hydrogen) atoms. The Balaban J connectivity index is 1.80. The highest BCUT2D eigenvalue weighted by Gasteiger charge is 2.15. The van der Waals surface area contributed by atoms with Crippen molar-refractivity contribution in [1.82, 2.24) is 9.55 Å². The number of hydrogen-bond donors (Lipinski definition) is 1. The fraction of sp³-hybridized carbons (Fsp3) is 0.0870. The van der Waals surface area contributed by atoms with Crippen LogP contribution in [0.1, 0.15) is 21.6 Å². The van der Waals surface area contributed by atoms with Crippen LogP contribution in [-0.4, -0.2) is 15.5 Å². The number of aromatic nitrogens is 2. The minimum Gasteiger partial charge on any atom is -0.489 e. The van der Waals surface area contributed by atoms with Crippen LogP contribution >= 0.6 is 0 Å². The predicted molar refractivity (Wildman–Crippen MR) is 111 cm³/mol. The summed E-state index contributed by atoms with van der Waals surface area (Å²) in [6.45, 7) is 2.19. The van der Waals surface area contributed by atoms with Crippen molar-refractivity contribution in [3.8, 4) is 11.4 Å². The number of halogens is 1. The van der Waals surface area contributed by atoms with E-state index in [1.165, 1.54) is 18.3 Å². The zero-order chi connectivity index (χ0) is 21.3. The van der Waals surface area contributed by atoms with Crippen LogP contribution < -0.4 is 15.9 Å². The summed E-state index contributed by atoms with van der Waals surface area (Å²) in [4.78, 5) is 28.8. The van der Waals surface area contributed by atoms with Gasteiger partial charge in [-0.25, -0.2) is 4.39 Å². The molecule has 0 saturated carbocycles. The Kier molecular flexibility index (Phi) is 5.02. The molecular formula is C23H18FN3O3. The van der Waals surface area contributed by atoms with Crippen molar-refractivity contribution >= 4 is 16.8 Å². The SMILES string of the molecule is Cc1cc(COc2ccc3c(c2)c(=O)c(C(N)=O)cn3-c2ccc(F)cc2)ccn1. The zero-order valence-corrected chi connectivity index (χ0v) is 16.1.